The topological polar surface area (TPSA) is 55.6 Å². The summed E-state index contributed by atoms with van der Waals surface area (Å²) >= 11 is 0. The third-order valence-corrected chi connectivity index (χ3v) is 4.17. The zero-order valence-electron chi connectivity index (χ0n) is 12.3. The van der Waals surface area contributed by atoms with Crippen molar-refractivity contribution in [1.29, 1.82) is 0 Å². The highest BCUT2D eigenvalue weighted by Crippen LogP contribution is 2.32. The lowest BCUT2D eigenvalue weighted by Crippen LogP contribution is -2.57. The van der Waals surface area contributed by atoms with Gasteiger partial charge in [0.05, 0.1) is 5.54 Å². The molecule has 0 radical (unpaired) electrons. The first-order valence-electron chi connectivity index (χ1n) is 7.11. The van der Waals surface area contributed by atoms with E-state index in [4.69, 9.17) is 5.73 Å². The Bertz CT molecular complexity index is 554. The molecule has 4 nitrogen and oxygen atoms in total. The van der Waals surface area contributed by atoms with Crippen LogP contribution in [0, 0.1) is 5.82 Å². The van der Waals surface area contributed by atoms with Crippen LogP contribution in [0.3, 0.4) is 0 Å². The van der Waals surface area contributed by atoms with E-state index in [2.05, 4.69) is 4.74 Å². The molecule has 7 heteroatoms. The number of halogens is 3. The largest absolute Gasteiger partial charge is 0.434 e. The minimum atomic E-state index is -2.99. The molecule has 1 heterocycles. The fraction of sp³-hybridized carbons (Fsp3) is 0.533. The van der Waals surface area contributed by atoms with Crippen molar-refractivity contribution in [3.63, 3.8) is 0 Å². The average Bonchev–Trinajstić information content (AvgIpc) is 2.44. The lowest BCUT2D eigenvalue weighted by molar-refractivity contribution is -0.132. The molecule has 0 aliphatic carbocycles. The van der Waals surface area contributed by atoms with Gasteiger partial charge in [0.25, 0.3) is 0 Å². The Labute approximate surface area is 127 Å². The molecular weight excluding hydrogens is 297 g/mol. The molecule has 122 valence electrons. The van der Waals surface area contributed by atoms with Crippen molar-refractivity contribution in [3.8, 4) is 5.75 Å². The quantitative estimate of drug-likeness (QED) is 0.908. The van der Waals surface area contributed by atoms with Gasteiger partial charge in [-0.2, -0.15) is 8.78 Å². The SMILES string of the molecule is CC1(C(N)=O)CCCCN1Cc1cc(F)ccc1OC(F)F. The van der Waals surface area contributed by atoms with Crippen molar-refractivity contribution in [1.82, 2.24) is 4.90 Å². The summed E-state index contributed by atoms with van der Waals surface area (Å²) in [5, 5.41) is 0. The van der Waals surface area contributed by atoms with Crippen LogP contribution in [0.15, 0.2) is 18.2 Å². The highest BCUT2D eigenvalue weighted by molar-refractivity contribution is 5.84. The molecule has 0 bridgehead atoms. The van der Waals surface area contributed by atoms with Gasteiger partial charge in [0.2, 0.25) is 5.91 Å². The Morgan fingerprint density at radius 2 is 2.18 bits per heavy atom. The summed E-state index contributed by atoms with van der Waals surface area (Å²) in [6.07, 6.45) is 2.31. The van der Waals surface area contributed by atoms with Crippen LogP contribution in [0.2, 0.25) is 0 Å². The Kier molecular flexibility index (Phi) is 4.95. The van der Waals surface area contributed by atoms with Crippen LogP contribution in [0.25, 0.3) is 0 Å². The second-order valence-corrected chi connectivity index (χ2v) is 5.65. The smallest absolute Gasteiger partial charge is 0.387 e. The Hall–Kier alpha value is -1.76. The first kappa shape index (κ1) is 16.6. The molecular formula is C15H19F3N2O2. The minimum Gasteiger partial charge on any atom is -0.434 e. The number of hydrogen-bond acceptors (Lipinski definition) is 3. The van der Waals surface area contributed by atoms with E-state index in [-0.39, 0.29) is 17.9 Å². The van der Waals surface area contributed by atoms with E-state index in [0.717, 1.165) is 25.0 Å². The van der Waals surface area contributed by atoms with Gasteiger partial charge in [-0.1, -0.05) is 0 Å². The van der Waals surface area contributed by atoms with E-state index < -0.39 is 23.9 Å². The number of benzene rings is 1. The van der Waals surface area contributed by atoms with Gasteiger partial charge in [-0.05, 0) is 50.9 Å². The van der Waals surface area contributed by atoms with E-state index in [1.54, 1.807) is 11.8 Å². The predicted octanol–water partition coefficient (Wildman–Crippen LogP) is 2.66. The summed E-state index contributed by atoms with van der Waals surface area (Å²) in [4.78, 5) is 13.6. The van der Waals surface area contributed by atoms with Crippen LogP contribution in [0.5, 0.6) is 5.75 Å². The second-order valence-electron chi connectivity index (χ2n) is 5.65. The highest BCUT2D eigenvalue weighted by atomic mass is 19.3. The van der Waals surface area contributed by atoms with E-state index in [1.807, 2.05) is 0 Å². The van der Waals surface area contributed by atoms with Gasteiger partial charge in [0.1, 0.15) is 11.6 Å². The standard InChI is InChI=1S/C15H19F3N2O2/c1-15(13(19)21)6-2-3-7-20(15)9-10-8-11(16)4-5-12(10)22-14(17)18/h4-5,8,14H,2-3,6-7,9H2,1H3,(H2,19,21). The number of alkyl halides is 2. The molecule has 2 N–H and O–H groups in total. The fourth-order valence-corrected chi connectivity index (χ4v) is 2.80. The number of amides is 1. The van der Waals surface area contributed by atoms with Crippen molar-refractivity contribution in [2.45, 2.75) is 44.9 Å². The lowest BCUT2D eigenvalue weighted by Gasteiger charge is -2.42. The maximum Gasteiger partial charge on any atom is 0.387 e. The van der Waals surface area contributed by atoms with Crippen LogP contribution in [-0.2, 0) is 11.3 Å². The maximum absolute atomic E-state index is 13.4. The summed E-state index contributed by atoms with van der Waals surface area (Å²) in [7, 11) is 0. The number of likely N-dealkylation sites (tertiary alicyclic amines) is 1. The zero-order valence-corrected chi connectivity index (χ0v) is 12.3. The van der Waals surface area contributed by atoms with Gasteiger partial charge in [0.15, 0.2) is 0 Å². The molecule has 1 fully saturated rings. The van der Waals surface area contributed by atoms with Gasteiger partial charge in [-0.3, -0.25) is 9.69 Å². The Morgan fingerprint density at radius 3 is 2.82 bits per heavy atom. The molecule has 1 atom stereocenters. The number of carbonyl (C=O) groups is 1. The molecule has 0 aromatic heterocycles. The van der Waals surface area contributed by atoms with Crippen LogP contribution in [-0.4, -0.2) is 29.5 Å². The zero-order chi connectivity index (χ0) is 16.3. The molecule has 1 amide bonds. The van der Waals surface area contributed by atoms with Gasteiger partial charge in [0, 0.05) is 12.1 Å². The molecule has 1 aliphatic rings. The number of piperidine rings is 1. The molecule has 22 heavy (non-hydrogen) atoms. The first-order chi connectivity index (χ1) is 10.3. The Morgan fingerprint density at radius 1 is 1.45 bits per heavy atom. The number of rotatable bonds is 5. The highest BCUT2D eigenvalue weighted by Gasteiger charge is 2.39. The monoisotopic (exact) mass is 316 g/mol. The molecule has 1 aromatic carbocycles. The van der Waals surface area contributed by atoms with Crippen LogP contribution >= 0.6 is 0 Å². The number of nitrogens with zero attached hydrogens (tertiary/aromatic N) is 1. The Balaban J connectivity index is 2.28. The van der Waals surface area contributed by atoms with Gasteiger partial charge in [-0.15, -0.1) is 0 Å². The summed E-state index contributed by atoms with van der Waals surface area (Å²) < 4.78 is 42.8. The average molecular weight is 316 g/mol. The predicted molar refractivity (Wildman–Crippen MR) is 74.9 cm³/mol. The second kappa shape index (κ2) is 6.56. The maximum atomic E-state index is 13.4. The molecule has 1 aromatic rings. The van der Waals surface area contributed by atoms with Crippen molar-refractivity contribution in [3.05, 3.63) is 29.6 Å². The molecule has 2 rings (SSSR count). The number of hydrogen-bond donors (Lipinski definition) is 1. The normalized spacial score (nSPS) is 22.8. The minimum absolute atomic E-state index is 0.0891. The molecule has 0 spiro atoms. The first-order valence-corrected chi connectivity index (χ1v) is 7.11. The van der Waals surface area contributed by atoms with Crippen molar-refractivity contribution in [2.24, 2.45) is 5.73 Å². The molecule has 1 aliphatic heterocycles. The van der Waals surface area contributed by atoms with Crippen molar-refractivity contribution in [2.75, 3.05) is 6.54 Å². The lowest BCUT2D eigenvalue weighted by atomic mass is 9.87. The van der Waals surface area contributed by atoms with Crippen LogP contribution in [0.1, 0.15) is 31.7 Å². The van der Waals surface area contributed by atoms with E-state index in [9.17, 15) is 18.0 Å². The van der Waals surface area contributed by atoms with Crippen molar-refractivity contribution >= 4 is 5.91 Å². The summed E-state index contributed by atoms with van der Waals surface area (Å²) in [5.74, 6) is -1.11. The number of carbonyl (C=O) groups excluding carboxylic acids is 1. The van der Waals surface area contributed by atoms with E-state index in [0.29, 0.717) is 13.0 Å². The van der Waals surface area contributed by atoms with E-state index in [1.165, 1.54) is 6.07 Å². The van der Waals surface area contributed by atoms with E-state index >= 15 is 0 Å². The van der Waals surface area contributed by atoms with Gasteiger partial charge < -0.3 is 10.5 Å². The number of primary amides is 1. The molecule has 0 saturated carbocycles. The summed E-state index contributed by atoms with van der Waals surface area (Å²) in [6.45, 7) is -0.557. The summed E-state index contributed by atoms with van der Waals surface area (Å²) in [5.41, 5.74) is 4.89. The third kappa shape index (κ3) is 3.52. The molecule has 1 saturated heterocycles. The van der Waals surface area contributed by atoms with Crippen LogP contribution in [0.4, 0.5) is 13.2 Å². The van der Waals surface area contributed by atoms with Gasteiger partial charge >= 0.3 is 6.61 Å². The van der Waals surface area contributed by atoms with Crippen LogP contribution < -0.4 is 10.5 Å². The van der Waals surface area contributed by atoms with Gasteiger partial charge in [-0.25, -0.2) is 4.39 Å². The summed E-state index contributed by atoms with van der Waals surface area (Å²) in [6, 6.07) is 3.38. The molecule has 1 unspecified atom stereocenters. The fourth-order valence-electron chi connectivity index (χ4n) is 2.80. The van der Waals surface area contributed by atoms with Crippen molar-refractivity contribution < 1.29 is 22.7 Å². The number of nitrogens with two attached hydrogens (primary N) is 1. The third-order valence-electron chi connectivity index (χ3n) is 4.17. The number of ether oxygens (including phenoxy) is 1.